The van der Waals surface area contributed by atoms with E-state index in [-0.39, 0.29) is 5.76 Å². The molecular formula is C13H21NO4. The Labute approximate surface area is 107 Å². The number of carbonyl (C=O) groups is 1. The summed E-state index contributed by atoms with van der Waals surface area (Å²) in [5, 5.41) is 12.0. The van der Waals surface area contributed by atoms with Crippen molar-refractivity contribution in [2.75, 3.05) is 19.8 Å². The topological polar surface area (TPSA) is 71.7 Å². The third-order valence-corrected chi connectivity index (χ3v) is 2.42. The molecule has 1 rings (SSSR count). The smallest absolute Gasteiger partial charge is 0.371 e. The molecule has 0 aliphatic heterocycles. The Morgan fingerprint density at radius 1 is 1.56 bits per heavy atom. The summed E-state index contributed by atoms with van der Waals surface area (Å²) in [5.41, 5.74) is 0.872. The van der Waals surface area contributed by atoms with Crippen LogP contribution < -0.4 is 5.32 Å². The molecule has 0 saturated heterocycles. The summed E-state index contributed by atoms with van der Waals surface area (Å²) in [5.74, 6) is 0.132. The van der Waals surface area contributed by atoms with Crippen molar-refractivity contribution >= 4 is 5.97 Å². The lowest BCUT2D eigenvalue weighted by Crippen LogP contribution is -2.20. The maximum Gasteiger partial charge on any atom is 0.371 e. The van der Waals surface area contributed by atoms with Gasteiger partial charge in [0.1, 0.15) is 5.76 Å². The van der Waals surface area contributed by atoms with Crippen molar-refractivity contribution in [2.45, 2.75) is 27.3 Å². The standard InChI is InChI=1S/C13H21NO4/c1-9(2)8-17-5-4-14-7-11-6-12(13(15)16)18-10(11)3/h6,9,14H,4-5,7-8H2,1-3H3,(H,15,16). The van der Waals surface area contributed by atoms with E-state index in [0.29, 0.717) is 24.8 Å². The van der Waals surface area contributed by atoms with E-state index in [2.05, 4.69) is 19.2 Å². The van der Waals surface area contributed by atoms with Crippen molar-refractivity contribution in [1.29, 1.82) is 0 Å². The molecule has 102 valence electrons. The second-order valence-electron chi connectivity index (χ2n) is 4.64. The number of aryl methyl sites for hydroxylation is 1. The van der Waals surface area contributed by atoms with E-state index in [1.807, 2.05) is 0 Å². The minimum atomic E-state index is -1.04. The van der Waals surface area contributed by atoms with Crippen LogP contribution in [0.4, 0.5) is 0 Å². The molecule has 0 fully saturated rings. The van der Waals surface area contributed by atoms with Crippen LogP contribution in [0.1, 0.15) is 35.7 Å². The van der Waals surface area contributed by atoms with Gasteiger partial charge in [0.15, 0.2) is 0 Å². The van der Waals surface area contributed by atoms with E-state index in [9.17, 15) is 4.79 Å². The zero-order valence-electron chi connectivity index (χ0n) is 11.2. The van der Waals surface area contributed by atoms with Gasteiger partial charge < -0.3 is 19.6 Å². The Kier molecular flexibility index (Phi) is 5.88. The van der Waals surface area contributed by atoms with E-state index in [4.69, 9.17) is 14.3 Å². The molecule has 1 aromatic rings. The third-order valence-electron chi connectivity index (χ3n) is 2.42. The molecule has 5 heteroatoms. The molecule has 0 unspecified atom stereocenters. The first-order valence-corrected chi connectivity index (χ1v) is 6.11. The summed E-state index contributed by atoms with van der Waals surface area (Å²) in [6, 6.07) is 1.56. The fourth-order valence-corrected chi connectivity index (χ4v) is 1.49. The molecule has 2 N–H and O–H groups in total. The van der Waals surface area contributed by atoms with Gasteiger partial charge in [0.05, 0.1) is 6.61 Å². The van der Waals surface area contributed by atoms with Gasteiger partial charge in [-0.3, -0.25) is 0 Å². The summed E-state index contributed by atoms with van der Waals surface area (Å²) in [6.45, 7) is 8.72. The van der Waals surface area contributed by atoms with Crippen LogP contribution >= 0.6 is 0 Å². The predicted molar refractivity (Wildman–Crippen MR) is 67.8 cm³/mol. The fraction of sp³-hybridized carbons (Fsp3) is 0.615. The number of carboxylic acid groups (broad SMARTS) is 1. The number of ether oxygens (including phenoxy) is 1. The molecule has 0 amide bonds. The number of furan rings is 1. The maximum absolute atomic E-state index is 10.7. The highest BCUT2D eigenvalue weighted by Crippen LogP contribution is 2.14. The van der Waals surface area contributed by atoms with Crippen molar-refractivity contribution in [2.24, 2.45) is 5.92 Å². The summed E-state index contributed by atoms with van der Waals surface area (Å²) in [6.07, 6.45) is 0. The number of aromatic carboxylic acids is 1. The fourth-order valence-electron chi connectivity index (χ4n) is 1.49. The van der Waals surface area contributed by atoms with Crippen LogP contribution in [-0.4, -0.2) is 30.8 Å². The van der Waals surface area contributed by atoms with Crippen LogP contribution in [0.25, 0.3) is 0 Å². The van der Waals surface area contributed by atoms with Crippen LogP contribution in [0.2, 0.25) is 0 Å². The lowest BCUT2D eigenvalue weighted by molar-refractivity contribution is 0.0661. The number of carboxylic acids is 1. The first-order valence-electron chi connectivity index (χ1n) is 6.11. The lowest BCUT2D eigenvalue weighted by Gasteiger charge is -2.07. The molecular weight excluding hydrogens is 234 g/mol. The van der Waals surface area contributed by atoms with Gasteiger partial charge in [0, 0.05) is 25.3 Å². The number of hydrogen-bond donors (Lipinski definition) is 2. The maximum atomic E-state index is 10.7. The highest BCUT2D eigenvalue weighted by atomic mass is 16.5. The highest BCUT2D eigenvalue weighted by Gasteiger charge is 2.12. The minimum absolute atomic E-state index is 0.0136. The first kappa shape index (κ1) is 14.7. The molecule has 0 radical (unpaired) electrons. The number of rotatable bonds is 8. The van der Waals surface area contributed by atoms with Crippen molar-refractivity contribution in [1.82, 2.24) is 5.32 Å². The van der Waals surface area contributed by atoms with Crippen molar-refractivity contribution in [3.05, 3.63) is 23.2 Å². The molecule has 0 aromatic carbocycles. The van der Waals surface area contributed by atoms with Crippen LogP contribution in [0.5, 0.6) is 0 Å². The van der Waals surface area contributed by atoms with Crippen LogP contribution in [0.15, 0.2) is 10.5 Å². The summed E-state index contributed by atoms with van der Waals surface area (Å²) in [4.78, 5) is 10.7. The zero-order valence-corrected chi connectivity index (χ0v) is 11.2. The van der Waals surface area contributed by atoms with E-state index in [1.54, 1.807) is 13.0 Å². The van der Waals surface area contributed by atoms with E-state index in [1.165, 1.54) is 0 Å². The minimum Gasteiger partial charge on any atom is -0.475 e. The van der Waals surface area contributed by atoms with Crippen molar-refractivity contribution < 1.29 is 19.1 Å². The first-order chi connectivity index (χ1) is 8.50. The van der Waals surface area contributed by atoms with Gasteiger partial charge >= 0.3 is 5.97 Å². The van der Waals surface area contributed by atoms with Gasteiger partial charge in [-0.2, -0.15) is 0 Å². The van der Waals surface area contributed by atoms with Gasteiger partial charge in [-0.1, -0.05) is 13.8 Å². The van der Waals surface area contributed by atoms with Crippen molar-refractivity contribution in [3.63, 3.8) is 0 Å². The van der Waals surface area contributed by atoms with Crippen LogP contribution in [-0.2, 0) is 11.3 Å². The summed E-state index contributed by atoms with van der Waals surface area (Å²) >= 11 is 0. The lowest BCUT2D eigenvalue weighted by atomic mass is 10.2. The molecule has 1 aromatic heterocycles. The number of nitrogens with one attached hydrogen (secondary N) is 1. The molecule has 0 atom stereocenters. The van der Waals surface area contributed by atoms with Gasteiger partial charge in [0.25, 0.3) is 0 Å². The summed E-state index contributed by atoms with van der Waals surface area (Å²) < 4.78 is 10.5. The molecule has 0 spiro atoms. The van der Waals surface area contributed by atoms with Crippen molar-refractivity contribution in [3.8, 4) is 0 Å². The second kappa shape index (κ2) is 7.18. The Balaban J connectivity index is 2.25. The molecule has 0 aliphatic rings. The quantitative estimate of drug-likeness (QED) is 0.696. The van der Waals surface area contributed by atoms with Gasteiger partial charge in [-0.25, -0.2) is 4.79 Å². The Morgan fingerprint density at radius 2 is 2.28 bits per heavy atom. The van der Waals surface area contributed by atoms with E-state index in [0.717, 1.165) is 18.7 Å². The van der Waals surface area contributed by atoms with E-state index >= 15 is 0 Å². The van der Waals surface area contributed by atoms with Crippen LogP contribution in [0, 0.1) is 12.8 Å². The Morgan fingerprint density at radius 3 is 2.83 bits per heavy atom. The average molecular weight is 255 g/mol. The molecule has 5 nitrogen and oxygen atoms in total. The monoisotopic (exact) mass is 255 g/mol. The number of hydrogen-bond acceptors (Lipinski definition) is 4. The van der Waals surface area contributed by atoms with Gasteiger partial charge in [0.2, 0.25) is 5.76 Å². The zero-order chi connectivity index (χ0) is 13.5. The molecule has 0 aliphatic carbocycles. The third kappa shape index (κ3) is 4.89. The molecule has 0 saturated carbocycles. The Hall–Kier alpha value is -1.33. The average Bonchev–Trinajstić information content (AvgIpc) is 2.65. The van der Waals surface area contributed by atoms with Gasteiger partial charge in [-0.15, -0.1) is 0 Å². The second-order valence-corrected chi connectivity index (χ2v) is 4.64. The molecule has 18 heavy (non-hydrogen) atoms. The highest BCUT2D eigenvalue weighted by molar-refractivity contribution is 5.84. The Bertz CT molecular complexity index is 384. The van der Waals surface area contributed by atoms with E-state index < -0.39 is 5.97 Å². The molecule has 1 heterocycles. The normalized spacial score (nSPS) is 11.1. The SMILES string of the molecule is Cc1oc(C(=O)O)cc1CNCCOCC(C)C. The van der Waals surface area contributed by atoms with Gasteiger partial charge in [-0.05, 0) is 18.9 Å². The summed E-state index contributed by atoms with van der Waals surface area (Å²) in [7, 11) is 0. The largest absolute Gasteiger partial charge is 0.475 e. The molecule has 0 bridgehead atoms. The predicted octanol–water partition coefficient (Wildman–Crippen LogP) is 2.05. The van der Waals surface area contributed by atoms with Crippen LogP contribution in [0.3, 0.4) is 0 Å².